The maximum atomic E-state index is 0. The van der Waals surface area contributed by atoms with Gasteiger partial charge in [0.05, 0.1) is 0 Å². The van der Waals surface area contributed by atoms with E-state index < -0.39 is 0 Å². The van der Waals surface area contributed by atoms with Crippen LogP contribution in [-0.4, -0.2) is 0 Å². The Morgan fingerprint density at radius 3 is 0.400 bits per heavy atom. The fourth-order valence-corrected chi connectivity index (χ4v) is 0. The van der Waals surface area contributed by atoms with Gasteiger partial charge in [-0.1, -0.05) is 0 Å². The van der Waals surface area contributed by atoms with E-state index in [1.165, 1.54) is 0 Å². The van der Waals surface area contributed by atoms with Crippen molar-refractivity contribution in [3.63, 3.8) is 0 Å². The molecule has 0 atom stereocenters. The van der Waals surface area contributed by atoms with Crippen LogP contribution < -0.4 is 0 Å². The summed E-state index contributed by atoms with van der Waals surface area (Å²) in [6.45, 7) is 0. The molecule has 0 unspecified atom stereocenters. The molecule has 5 heteroatoms. The van der Waals surface area contributed by atoms with E-state index in [9.17, 15) is 0 Å². The molecule has 0 amide bonds. The van der Waals surface area contributed by atoms with Crippen molar-refractivity contribution in [2.75, 3.05) is 0 Å². The molecule has 0 aromatic carbocycles. The maximum Gasteiger partial charge on any atom is 0 e. The van der Waals surface area contributed by atoms with Gasteiger partial charge in [0.25, 0.3) is 0 Å². The van der Waals surface area contributed by atoms with Gasteiger partial charge in [-0.3, -0.25) is 0 Å². The second-order valence-corrected chi connectivity index (χ2v) is 0. The average molecular weight is 198 g/mol. The molecule has 0 spiro atoms. The average Bonchev–Trinajstić information content (AvgIpc) is 0. The van der Waals surface area contributed by atoms with E-state index in [2.05, 4.69) is 0 Å². The van der Waals surface area contributed by atoms with E-state index in [1.807, 2.05) is 0 Å². The van der Waals surface area contributed by atoms with Crippen molar-refractivity contribution in [3.05, 3.63) is 0 Å². The number of hydrogen-bond donors (Lipinski definition) is 0. The SMILES string of the molecule is S.S.S.[Ti].[Ti]. The summed E-state index contributed by atoms with van der Waals surface area (Å²) in [6.07, 6.45) is 0. The van der Waals surface area contributed by atoms with Crippen molar-refractivity contribution >= 4 is 40.5 Å². The fraction of sp³-hybridized carbons (Fsp3) is 0. The van der Waals surface area contributed by atoms with Gasteiger partial charge in [0.15, 0.2) is 0 Å². The Kier molecular flexibility index (Phi) is 323. The second kappa shape index (κ2) is 31.7. The van der Waals surface area contributed by atoms with Crippen molar-refractivity contribution in [1.29, 1.82) is 0 Å². The molecule has 0 saturated carbocycles. The van der Waals surface area contributed by atoms with E-state index in [-0.39, 0.29) is 83.9 Å². The molecule has 5 heavy (non-hydrogen) atoms. The molecule has 0 radical (unpaired) electrons. The van der Waals surface area contributed by atoms with Crippen LogP contribution in [0.15, 0.2) is 0 Å². The normalized spacial score (nSPS) is 0. The van der Waals surface area contributed by atoms with Crippen LogP contribution >= 0.6 is 40.5 Å². The van der Waals surface area contributed by atoms with E-state index >= 15 is 0 Å². The zero-order valence-corrected chi connectivity index (χ0v) is 8.62. The Morgan fingerprint density at radius 2 is 0.400 bits per heavy atom. The second-order valence-electron chi connectivity index (χ2n) is 0. The van der Waals surface area contributed by atoms with Crippen molar-refractivity contribution in [3.8, 4) is 0 Å². The molecule has 0 fully saturated rings. The Morgan fingerprint density at radius 1 is 0.400 bits per heavy atom. The molecule has 0 heterocycles. The summed E-state index contributed by atoms with van der Waals surface area (Å²) in [5, 5.41) is 0. The smallest absolute Gasteiger partial charge is 0 e. The van der Waals surface area contributed by atoms with Crippen molar-refractivity contribution in [2.45, 2.75) is 0 Å². The summed E-state index contributed by atoms with van der Waals surface area (Å²) in [6, 6.07) is 0. The molecule has 0 saturated heterocycles. The Hall–Kier alpha value is 2.48. The molecule has 0 nitrogen and oxygen atoms in total. The van der Waals surface area contributed by atoms with E-state index in [0.29, 0.717) is 0 Å². The first-order chi connectivity index (χ1) is 0. The standard InChI is InChI=1S/3H2S.2Ti/h3*1H2;;. The van der Waals surface area contributed by atoms with E-state index in [4.69, 9.17) is 0 Å². The first kappa shape index (κ1) is 51.1. The molecule has 0 aromatic heterocycles. The summed E-state index contributed by atoms with van der Waals surface area (Å²) in [5.41, 5.74) is 0. The third kappa shape index (κ3) is 21.2. The summed E-state index contributed by atoms with van der Waals surface area (Å²) < 4.78 is 0. The predicted octanol–water partition coefficient (Wildman–Crippen LogP) is 0.333. The van der Waals surface area contributed by atoms with Crippen molar-refractivity contribution in [1.82, 2.24) is 0 Å². The van der Waals surface area contributed by atoms with Gasteiger partial charge in [-0.25, -0.2) is 0 Å². The molecule has 0 aliphatic heterocycles. The number of hydrogen-bond acceptors (Lipinski definition) is 0. The van der Waals surface area contributed by atoms with Crippen LogP contribution in [0.2, 0.25) is 0 Å². The minimum absolute atomic E-state index is 0. The fourth-order valence-electron chi connectivity index (χ4n) is 0. The third-order valence-electron chi connectivity index (χ3n) is 0. The zero-order chi connectivity index (χ0) is 0. The summed E-state index contributed by atoms with van der Waals surface area (Å²) in [7, 11) is 0. The van der Waals surface area contributed by atoms with Gasteiger partial charge in [-0.15, -0.1) is 0 Å². The summed E-state index contributed by atoms with van der Waals surface area (Å²) in [4.78, 5) is 0. The minimum atomic E-state index is 0. The van der Waals surface area contributed by atoms with Gasteiger partial charge >= 0.3 is 0 Å². The van der Waals surface area contributed by atoms with Crippen LogP contribution in [-0.2, 0) is 43.4 Å². The molecular formula is H6S3Ti2. The van der Waals surface area contributed by atoms with E-state index in [1.54, 1.807) is 0 Å². The van der Waals surface area contributed by atoms with Gasteiger partial charge < -0.3 is 0 Å². The van der Waals surface area contributed by atoms with Gasteiger partial charge in [-0.2, -0.15) is 40.5 Å². The Labute approximate surface area is 83.0 Å². The van der Waals surface area contributed by atoms with Gasteiger partial charge in [-0.05, 0) is 0 Å². The Balaban J connectivity index is 0. The van der Waals surface area contributed by atoms with Gasteiger partial charge in [0, 0.05) is 43.4 Å². The molecule has 0 aliphatic rings. The minimum Gasteiger partial charge on any atom is -0.197 e. The Bertz CT molecular complexity index is 4.85. The number of rotatable bonds is 0. The molecule has 0 aliphatic carbocycles. The molecule has 32 valence electrons. The van der Waals surface area contributed by atoms with Gasteiger partial charge in [0.2, 0.25) is 0 Å². The van der Waals surface area contributed by atoms with Crippen LogP contribution in [0.3, 0.4) is 0 Å². The summed E-state index contributed by atoms with van der Waals surface area (Å²) >= 11 is 0. The van der Waals surface area contributed by atoms with Crippen molar-refractivity contribution in [2.24, 2.45) is 0 Å². The maximum absolute atomic E-state index is 0. The van der Waals surface area contributed by atoms with Crippen LogP contribution in [0, 0.1) is 0 Å². The predicted molar refractivity (Wildman–Crippen MR) is 31.1 cm³/mol. The third-order valence-corrected chi connectivity index (χ3v) is 0. The topological polar surface area (TPSA) is 0 Å². The molecule has 0 rings (SSSR count). The molecular weight excluding hydrogens is 192 g/mol. The zero-order valence-electron chi connectivity index (χ0n) is 2.50. The van der Waals surface area contributed by atoms with Crippen LogP contribution in [0.25, 0.3) is 0 Å². The quantitative estimate of drug-likeness (QED) is 0.492. The van der Waals surface area contributed by atoms with Crippen LogP contribution in [0.5, 0.6) is 0 Å². The van der Waals surface area contributed by atoms with Crippen LogP contribution in [0.1, 0.15) is 0 Å². The monoisotopic (exact) mass is 198 g/mol. The molecule has 0 N–H and O–H groups in total. The van der Waals surface area contributed by atoms with Crippen molar-refractivity contribution < 1.29 is 43.4 Å². The first-order valence-electron chi connectivity index (χ1n) is 0. The van der Waals surface area contributed by atoms with Crippen LogP contribution in [0.4, 0.5) is 0 Å². The first-order valence-corrected chi connectivity index (χ1v) is 0. The van der Waals surface area contributed by atoms with E-state index in [0.717, 1.165) is 0 Å². The molecule has 0 bridgehead atoms. The largest absolute Gasteiger partial charge is 0.197 e. The van der Waals surface area contributed by atoms with Gasteiger partial charge in [0.1, 0.15) is 0 Å². The molecule has 0 aromatic rings. The summed E-state index contributed by atoms with van der Waals surface area (Å²) in [5.74, 6) is 0.